The average Bonchev–Trinajstić information content (AvgIpc) is 2.96. The lowest BCUT2D eigenvalue weighted by Gasteiger charge is -2.37. The number of hydrogen-bond donors (Lipinski definition) is 2. The molecule has 1 heterocycles. The molecule has 0 aliphatic heterocycles. The molecule has 1 aromatic heterocycles. The van der Waals surface area contributed by atoms with Crippen molar-refractivity contribution in [2.75, 3.05) is 31.7 Å². The van der Waals surface area contributed by atoms with Crippen LogP contribution in [0.25, 0.3) is 10.9 Å². The van der Waals surface area contributed by atoms with Crippen molar-refractivity contribution in [1.29, 1.82) is 0 Å². The molecule has 3 rings (SSSR count). The minimum absolute atomic E-state index is 0.247. The number of likely N-dealkylation sites (N-methyl/N-ethyl adjacent to an activating group) is 1. The Morgan fingerprint density at radius 1 is 1.24 bits per heavy atom. The first kappa shape index (κ1) is 14.1. The predicted molar refractivity (Wildman–Crippen MR) is 89.5 cm³/mol. The zero-order valence-corrected chi connectivity index (χ0v) is 12.9. The highest BCUT2D eigenvalue weighted by Gasteiger charge is 2.35. The van der Waals surface area contributed by atoms with Crippen LogP contribution in [-0.2, 0) is 0 Å². The van der Waals surface area contributed by atoms with E-state index in [1.807, 2.05) is 18.2 Å². The molecule has 0 amide bonds. The summed E-state index contributed by atoms with van der Waals surface area (Å²) >= 11 is 0. The average molecular weight is 284 g/mol. The summed E-state index contributed by atoms with van der Waals surface area (Å²) < 4.78 is 0. The highest BCUT2D eigenvalue weighted by molar-refractivity contribution is 5.96. The van der Waals surface area contributed by atoms with Crippen LogP contribution in [0.4, 0.5) is 11.4 Å². The number of pyridine rings is 1. The maximum Gasteiger partial charge on any atom is 0.0743 e. The summed E-state index contributed by atoms with van der Waals surface area (Å²) in [5.74, 6) is 0. The van der Waals surface area contributed by atoms with Crippen LogP contribution in [0.5, 0.6) is 0 Å². The van der Waals surface area contributed by atoms with E-state index in [2.05, 4.69) is 35.4 Å². The molecule has 0 atom stereocenters. The van der Waals surface area contributed by atoms with Crippen molar-refractivity contribution in [2.45, 2.75) is 31.2 Å². The number of nitrogens with two attached hydrogens (primary N) is 1. The lowest BCUT2D eigenvalue weighted by atomic mass is 9.95. The van der Waals surface area contributed by atoms with Gasteiger partial charge >= 0.3 is 0 Å². The highest BCUT2D eigenvalue weighted by Crippen LogP contribution is 2.35. The van der Waals surface area contributed by atoms with Gasteiger partial charge in [0.1, 0.15) is 0 Å². The van der Waals surface area contributed by atoms with Gasteiger partial charge in [-0.2, -0.15) is 0 Å². The van der Waals surface area contributed by atoms with Crippen molar-refractivity contribution in [3.63, 3.8) is 0 Å². The molecular formula is C17H24N4. The first-order chi connectivity index (χ1) is 10.1. The van der Waals surface area contributed by atoms with Gasteiger partial charge in [0.25, 0.3) is 0 Å². The molecule has 1 saturated carbocycles. The van der Waals surface area contributed by atoms with E-state index in [4.69, 9.17) is 5.73 Å². The highest BCUT2D eigenvalue weighted by atomic mass is 15.2. The maximum absolute atomic E-state index is 6.15. The third-order valence-electron chi connectivity index (χ3n) is 4.88. The fraction of sp³-hybridized carbons (Fsp3) is 0.471. The van der Waals surface area contributed by atoms with Crippen LogP contribution in [0, 0.1) is 0 Å². The second-order valence-corrected chi connectivity index (χ2v) is 6.29. The first-order valence-corrected chi connectivity index (χ1v) is 7.67. The second-order valence-electron chi connectivity index (χ2n) is 6.29. The monoisotopic (exact) mass is 284 g/mol. The topological polar surface area (TPSA) is 54.2 Å². The predicted octanol–water partition coefficient (Wildman–Crippen LogP) is 3.10. The Hall–Kier alpha value is -1.81. The number of rotatable bonds is 4. The summed E-state index contributed by atoms with van der Waals surface area (Å²) in [6.45, 7) is 0.929. The molecule has 1 aliphatic carbocycles. The van der Waals surface area contributed by atoms with E-state index in [0.717, 1.165) is 28.8 Å². The van der Waals surface area contributed by atoms with Crippen molar-refractivity contribution in [1.82, 2.24) is 9.88 Å². The Balaban J connectivity index is 1.90. The lowest BCUT2D eigenvalue weighted by molar-refractivity contribution is 0.172. The fourth-order valence-electron chi connectivity index (χ4n) is 3.42. The molecule has 0 unspecified atom stereocenters. The number of benzene rings is 1. The number of hydrogen-bond acceptors (Lipinski definition) is 4. The Morgan fingerprint density at radius 3 is 2.67 bits per heavy atom. The Morgan fingerprint density at radius 2 is 1.95 bits per heavy atom. The number of nitrogens with zero attached hydrogens (tertiary/aromatic N) is 2. The third kappa shape index (κ3) is 2.56. The molecular weight excluding hydrogens is 260 g/mol. The van der Waals surface area contributed by atoms with E-state index >= 15 is 0 Å². The van der Waals surface area contributed by atoms with Gasteiger partial charge < -0.3 is 16.0 Å². The molecule has 2 aromatic rings. The summed E-state index contributed by atoms with van der Waals surface area (Å²) in [6.07, 6.45) is 6.87. The zero-order valence-electron chi connectivity index (χ0n) is 12.9. The van der Waals surface area contributed by atoms with Crippen molar-refractivity contribution in [2.24, 2.45) is 0 Å². The van der Waals surface area contributed by atoms with Crippen LogP contribution in [-0.4, -0.2) is 36.1 Å². The van der Waals surface area contributed by atoms with Crippen LogP contribution in [0.1, 0.15) is 25.7 Å². The minimum atomic E-state index is 0.247. The number of para-hydroxylation sites is 1. The molecule has 1 aromatic carbocycles. The van der Waals surface area contributed by atoms with Gasteiger partial charge in [-0.15, -0.1) is 0 Å². The number of fused-ring (bicyclic) bond motifs is 1. The second kappa shape index (κ2) is 5.53. The Labute approximate surface area is 126 Å². The lowest BCUT2D eigenvalue weighted by Crippen LogP contribution is -2.47. The zero-order chi connectivity index (χ0) is 14.9. The molecule has 0 saturated heterocycles. The number of nitrogens with one attached hydrogen (secondary N) is 1. The normalized spacial score (nSPS) is 17.5. The van der Waals surface area contributed by atoms with Gasteiger partial charge in [0.15, 0.2) is 0 Å². The minimum Gasteiger partial charge on any atom is -0.396 e. The van der Waals surface area contributed by atoms with Crippen molar-refractivity contribution in [3.8, 4) is 0 Å². The number of nitrogen functional groups attached to an aromatic ring is 1. The molecule has 0 spiro atoms. The quantitative estimate of drug-likeness (QED) is 0.906. The van der Waals surface area contributed by atoms with Gasteiger partial charge in [0, 0.05) is 17.5 Å². The van der Waals surface area contributed by atoms with Gasteiger partial charge in [-0.25, -0.2) is 0 Å². The molecule has 21 heavy (non-hydrogen) atoms. The Kier molecular flexibility index (Phi) is 3.72. The fourth-order valence-corrected chi connectivity index (χ4v) is 3.42. The molecule has 0 bridgehead atoms. The summed E-state index contributed by atoms with van der Waals surface area (Å²) in [7, 11) is 4.36. The number of aromatic nitrogens is 1. The van der Waals surface area contributed by atoms with E-state index in [1.54, 1.807) is 6.20 Å². The molecule has 4 heteroatoms. The molecule has 0 radical (unpaired) electrons. The van der Waals surface area contributed by atoms with Crippen molar-refractivity contribution >= 4 is 22.3 Å². The van der Waals surface area contributed by atoms with E-state index in [9.17, 15) is 0 Å². The SMILES string of the molecule is CN(C)C1(CNc2c(N)cnc3ccccc23)CCCC1. The van der Waals surface area contributed by atoms with Crippen LogP contribution in [0.15, 0.2) is 30.5 Å². The summed E-state index contributed by atoms with van der Waals surface area (Å²) in [5, 5.41) is 4.71. The van der Waals surface area contributed by atoms with Crippen LogP contribution in [0.2, 0.25) is 0 Å². The standard InChI is InChI=1S/C17H24N4/c1-21(2)17(9-5-6-10-17)12-20-16-13-7-3-4-8-15(13)19-11-14(16)18/h3-4,7-8,11H,5-6,9-10,12,18H2,1-2H3,(H,19,20). The van der Waals surface area contributed by atoms with Gasteiger partial charge in [0.2, 0.25) is 0 Å². The third-order valence-corrected chi connectivity index (χ3v) is 4.88. The molecule has 112 valence electrons. The van der Waals surface area contributed by atoms with Gasteiger partial charge in [0.05, 0.1) is 23.1 Å². The summed E-state index contributed by atoms with van der Waals surface area (Å²) in [6, 6.07) is 8.15. The molecule has 1 aliphatic rings. The summed E-state index contributed by atoms with van der Waals surface area (Å²) in [5.41, 5.74) is 9.13. The van der Waals surface area contributed by atoms with E-state index in [1.165, 1.54) is 25.7 Å². The van der Waals surface area contributed by atoms with Crippen LogP contribution < -0.4 is 11.1 Å². The van der Waals surface area contributed by atoms with E-state index < -0.39 is 0 Å². The molecule has 4 nitrogen and oxygen atoms in total. The largest absolute Gasteiger partial charge is 0.396 e. The van der Waals surface area contributed by atoms with E-state index in [-0.39, 0.29) is 5.54 Å². The first-order valence-electron chi connectivity index (χ1n) is 7.67. The Bertz CT molecular complexity index is 630. The van der Waals surface area contributed by atoms with Crippen molar-refractivity contribution in [3.05, 3.63) is 30.5 Å². The van der Waals surface area contributed by atoms with Gasteiger partial charge in [-0.3, -0.25) is 4.98 Å². The van der Waals surface area contributed by atoms with Crippen LogP contribution >= 0.6 is 0 Å². The molecule has 1 fully saturated rings. The van der Waals surface area contributed by atoms with Gasteiger partial charge in [-0.05, 0) is 33.0 Å². The summed E-state index contributed by atoms with van der Waals surface area (Å²) in [4.78, 5) is 6.77. The maximum atomic E-state index is 6.15. The van der Waals surface area contributed by atoms with E-state index in [0.29, 0.717) is 0 Å². The smallest absolute Gasteiger partial charge is 0.0743 e. The molecule has 3 N–H and O–H groups in total. The van der Waals surface area contributed by atoms with Crippen LogP contribution in [0.3, 0.4) is 0 Å². The van der Waals surface area contributed by atoms with Crippen molar-refractivity contribution < 1.29 is 0 Å². The number of anilines is 2. The van der Waals surface area contributed by atoms with Gasteiger partial charge in [-0.1, -0.05) is 31.0 Å².